The van der Waals surface area contributed by atoms with Crippen LogP contribution in [0.1, 0.15) is 28.7 Å². The molecule has 0 unspecified atom stereocenters. The average Bonchev–Trinajstić information content (AvgIpc) is 2.67. The smallest absolute Gasteiger partial charge is 0.218 e. The summed E-state index contributed by atoms with van der Waals surface area (Å²) < 4.78 is 6.26. The highest BCUT2D eigenvalue weighted by atomic mass is 35.5. The third-order valence-electron chi connectivity index (χ3n) is 5.05. The number of halogens is 4. The number of ether oxygens (including phenoxy) is 1. The molecule has 1 aliphatic heterocycles. The van der Waals surface area contributed by atoms with Crippen LogP contribution in [-0.4, -0.2) is 11.4 Å². The van der Waals surface area contributed by atoms with Gasteiger partial charge in [-0.05, 0) is 18.1 Å². The van der Waals surface area contributed by atoms with E-state index in [1.54, 1.807) is 0 Å². The molecule has 0 aromatic heterocycles. The maximum Gasteiger partial charge on any atom is 0.218 e. The van der Waals surface area contributed by atoms with E-state index in [1.165, 1.54) is 0 Å². The fraction of sp³-hybridized carbons (Fsp3) is 0.190. The van der Waals surface area contributed by atoms with Gasteiger partial charge >= 0.3 is 0 Å². The Morgan fingerprint density at radius 3 is 1.93 bits per heavy atom. The Kier molecular flexibility index (Phi) is 4.90. The van der Waals surface area contributed by atoms with Gasteiger partial charge in [-0.3, -0.25) is 4.79 Å². The van der Waals surface area contributed by atoms with E-state index in [2.05, 4.69) is 0 Å². The SMILES string of the molecule is Cc1ccc([C@H]2[C@H](c3ccccc3)OC23C(Cl)=C(Cl)C(=O)C(Cl)=C3Cl)cc1. The Hall–Kier alpha value is -1.29. The highest BCUT2D eigenvalue weighted by Gasteiger charge is 2.64. The first-order valence-corrected chi connectivity index (χ1v) is 9.84. The van der Waals surface area contributed by atoms with Gasteiger partial charge in [0.25, 0.3) is 0 Å². The number of hydrogen-bond acceptors (Lipinski definition) is 2. The molecule has 1 aliphatic carbocycles. The quantitative estimate of drug-likeness (QED) is 0.530. The molecule has 2 atom stereocenters. The molecule has 1 heterocycles. The minimum atomic E-state index is -1.26. The van der Waals surface area contributed by atoms with Crippen LogP contribution >= 0.6 is 46.4 Å². The molecular formula is C21H14Cl4O2. The largest absolute Gasteiger partial charge is 0.354 e. The van der Waals surface area contributed by atoms with Crippen LogP contribution in [0.5, 0.6) is 0 Å². The van der Waals surface area contributed by atoms with Crippen molar-refractivity contribution in [3.63, 3.8) is 0 Å². The zero-order chi connectivity index (χ0) is 19.3. The first-order chi connectivity index (χ1) is 12.9. The zero-order valence-electron chi connectivity index (χ0n) is 14.2. The number of aryl methyl sites for hydroxylation is 1. The number of carbonyl (C=O) groups is 1. The number of carbonyl (C=O) groups excluding carboxylic acids is 1. The minimum absolute atomic E-state index is 0.0707. The molecule has 6 heteroatoms. The Bertz CT molecular complexity index is 949. The molecule has 4 rings (SSSR count). The fourth-order valence-electron chi connectivity index (χ4n) is 3.66. The van der Waals surface area contributed by atoms with E-state index in [9.17, 15) is 4.79 Å². The lowest BCUT2D eigenvalue weighted by atomic mass is 9.68. The minimum Gasteiger partial charge on any atom is -0.354 e. The Labute approximate surface area is 177 Å². The number of hydrogen-bond donors (Lipinski definition) is 0. The lowest BCUT2D eigenvalue weighted by molar-refractivity contribution is -0.183. The van der Waals surface area contributed by atoms with Crippen molar-refractivity contribution >= 4 is 52.2 Å². The summed E-state index contributed by atoms with van der Waals surface area (Å²) in [7, 11) is 0. The average molecular weight is 440 g/mol. The first-order valence-electron chi connectivity index (χ1n) is 8.33. The predicted molar refractivity (Wildman–Crippen MR) is 109 cm³/mol. The highest BCUT2D eigenvalue weighted by molar-refractivity contribution is 6.61. The van der Waals surface area contributed by atoms with Crippen LogP contribution in [0.3, 0.4) is 0 Å². The molecule has 1 fully saturated rings. The van der Waals surface area contributed by atoms with Crippen molar-refractivity contribution in [3.05, 3.63) is 91.4 Å². The van der Waals surface area contributed by atoms with Crippen LogP contribution in [-0.2, 0) is 9.53 Å². The first kappa shape index (κ1) is 19.0. The lowest BCUT2D eigenvalue weighted by Gasteiger charge is -2.56. The third kappa shape index (κ3) is 2.78. The maximum atomic E-state index is 12.2. The van der Waals surface area contributed by atoms with E-state index in [1.807, 2.05) is 61.5 Å². The van der Waals surface area contributed by atoms with Gasteiger partial charge in [-0.2, -0.15) is 0 Å². The molecular weight excluding hydrogens is 426 g/mol. The van der Waals surface area contributed by atoms with Gasteiger partial charge in [0.15, 0.2) is 5.60 Å². The summed E-state index contributed by atoms with van der Waals surface area (Å²) in [6, 6.07) is 17.8. The fourth-order valence-corrected chi connectivity index (χ4v) is 4.91. The van der Waals surface area contributed by atoms with Crippen LogP contribution in [0, 0.1) is 6.92 Å². The molecule has 2 aromatic rings. The van der Waals surface area contributed by atoms with Gasteiger partial charge in [0.1, 0.15) is 10.1 Å². The van der Waals surface area contributed by atoms with E-state index in [4.69, 9.17) is 51.1 Å². The Balaban J connectivity index is 1.91. The number of ketones is 1. The third-order valence-corrected chi connectivity index (χ3v) is 6.91. The molecule has 2 aliphatic rings. The molecule has 2 nitrogen and oxygen atoms in total. The van der Waals surface area contributed by atoms with E-state index in [-0.39, 0.29) is 32.2 Å². The van der Waals surface area contributed by atoms with E-state index in [0.29, 0.717) is 0 Å². The van der Waals surface area contributed by atoms with Crippen LogP contribution < -0.4 is 0 Å². The molecule has 0 N–H and O–H groups in total. The Morgan fingerprint density at radius 1 is 0.815 bits per heavy atom. The standard InChI is InChI=1S/C21H14Cl4O2/c1-11-7-9-12(10-8-11)14-18(13-5-3-2-4-6-13)27-21(14)19(24)15(22)17(26)16(23)20(21)25/h2-10,14,18H,1H3/t14-,18-/m0/s1. The van der Waals surface area contributed by atoms with Crippen molar-refractivity contribution in [2.75, 3.05) is 0 Å². The predicted octanol–water partition coefficient (Wildman–Crippen LogP) is 6.55. The van der Waals surface area contributed by atoms with Crippen molar-refractivity contribution in [2.24, 2.45) is 0 Å². The maximum absolute atomic E-state index is 12.2. The molecule has 0 amide bonds. The zero-order valence-corrected chi connectivity index (χ0v) is 17.2. The number of benzene rings is 2. The van der Waals surface area contributed by atoms with Crippen molar-refractivity contribution in [1.82, 2.24) is 0 Å². The van der Waals surface area contributed by atoms with Crippen molar-refractivity contribution in [2.45, 2.75) is 24.5 Å². The summed E-state index contributed by atoms with van der Waals surface area (Å²) >= 11 is 25.4. The van der Waals surface area contributed by atoms with Crippen molar-refractivity contribution in [1.29, 1.82) is 0 Å². The summed E-state index contributed by atoms with van der Waals surface area (Å²) in [5.74, 6) is -0.871. The van der Waals surface area contributed by atoms with E-state index in [0.717, 1.165) is 16.7 Å². The summed E-state index contributed by atoms with van der Waals surface area (Å²) in [5, 5.41) is -0.174. The lowest BCUT2D eigenvalue weighted by Crippen LogP contribution is -2.56. The van der Waals surface area contributed by atoms with Gasteiger partial charge in [0.2, 0.25) is 5.78 Å². The molecule has 0 saturated carbocycles. The van der Waals surface area contributed by atoms with Gasteiger partial charge < -0.3 is 4.74 Å². The summed E-state index contributed by atoms with van der Waals surface area (Å²) in [5.41, 5.74) is 1.82. The van der Waals surface area contributed by atoms with Crippen molar-refractivity contribution in [3.8, 4) is 0 Å². The van der Waals surface area contributed by atoms with E-state index < -0.39 is 11.4 Å². The van der Waals surface area contributed by atoms with Crippen molar-refractivity contribution < 1.29 is 9.53 Å². The second-order valence-electron chi connectivity index (χ2n) is 6.66. The van der Waals surface area contributed by atoms with E-state index >= 15 is 0 Å². The molecule has 2 aromatic carbocycles. The molecule has 0 bridgehead atoms. The monoisotopic (exact) mass is 438 g/mol. The molecule has 27 heavy (non-hydrogen) atoms. The molecule has 1 spiro atoms. The molecule has 138 valence electrons. The summed E-state index contributed by atoms with van der Waals surface area (Å²) in [4.78, 5) is 12.2. The Morgan fingerprint density at radius 2 is 1.37 bits per heavy atom. The van der Waals surface area contributed by atoms with Gasteiger partial charge in [0.05, 0.1) is 22.1 Å². The topological polar surface area (TPSA) is 26.3 Å². The van der Waals surface area contributed by atoms with Gasteiger partial charge in [-0.25, -0.2) is 0 Å². The highest BCUT2D eigenvalue weighted by Crippen LogP contribution is 2.65. The molecule has 1 saturated heterocycles. The van der Waals surface area contributed by atoms with Crippen LogP contribution in [0.25, 0.3) is 0 Å². The molecule has 0 radical (unpaired) electrons. The summed E-state index contributed by atoms with van der Waals surface area (Å²) in [6.45, 7) is 2.01. The normalized spacial score (nSPS) is 24.4. The number of Topliss-reactive ketones (excluding diaryl/α,β-unsaturated/α-hetero) is 1. The van der Waals surface area contributed by atoms with Crippen LogP contribution in [0.15, 0.2) is 74.7 Å². The second kappa shape index (κ2) is 6.95. The van der Waals surface area contributed by atoms with Crippen LogP contribution in [0.4, 0.5) is 0 Å². The van der Waals surface area contributed by atoms with Crippen LogP contribution in [0.2, 0.25) is 0 Å². The second-order valence-corrected chi connectivity index (χ2v) is 8.17. The summed E-state index contributed by atoms with van der Waals surface area (Å²) in [6.07, 6.45) is -0.307. The number of allylic oxidation sites excluding steroid dienone is 2. The van der Waals surface area contributed by atoms with Gasteiger partial charge in [-0.15, -0.1) is 0 Å². The van der Waals surface area contributed by atoms with Gasteiger partial charge in [0, 0.05) is 0 Å². The van der Waals surface area contributed by atoms with Gasteiger partial charge in [-0.1, -0.05) is 107 Å². The number of rotatable bonds is 2.